The number of amides is 2. The van der Waals surface area contributed by atoms with Crippen molar-refractivity contribution in [2.24, 2.45) is 0 Å². The van der Waals surface area contributed by atoms with E-state index in [2.05, 4.69) is 42.4 Å². The lowest BCUT2D eigenvalue weighted by molar-refractivity contribution is 0.101. The van der Waals surface area contributed by atoms with E-state index in [1.807, 2.05) is 48.5 Å². The Hall–Kier alpha value is -6.21. The fourth-order valence-corrected chi connectivity index (χ4v) is 4.91. The monoisotopic (exact) mass is 568 g/mol. The van der Waals surface area contributed by atoms with E-state index < -0.39 is 11.7 Å². The first kappa shape index (κ1) is 27.0. The van der Waals surface area contributed by atoms with Crippen molar-refractivity contribution in [2.45, 2.75) is 12.8 Å². The van der Waals surface area contributed by atoms with Crippen molar-refractivity contribution in [1.29, 1.82) is 5.26 Å². The summed E-state index contributed by atoms with van der Waals surface area (Å²) in [4.78, 5) is 43.8. The summed E-state index contributed by atoms with van der Waals surface area (Å²) in [7, 11) is 0. The smallest absolute Gasteiger partial charge is 0.349 e. The minimum Gasteiger partial charge on any atom is -0.349 e. The van der Waals surface area contributed by atoms with Gasteiger partial charge < -0.3 is 15.6 Å². The molecule has 0 aliphatic carbocycles. The van der Waals surface area contributed by atoms with Crippen molar-refractivity contribution >= 4 is 34.1 Å². The van der Waals surface area contributed by atoms with Gasteiger partial charge in [-0.3, -0.25) is 19.1 Å². The number of aromatic nitrogens is 3. The summed E-state index contributed by atoms with van der Waals surface area (Å²) in [6.07, 6.45) is 1.52. The zero-order valence-corrected chi connectivity index (χ0v) is 22.7. The number of aryl methyl sites for hydroxylation is 2. The van der Waals surface area contributed by atoms with Gasteiger partial charge in [-0.2, -0.15) is 5.26 Å². The molecule has 2 heterocycles. The number of carbonyl (C=O) groups is 2. The van der Waals surface area contributed by atoms with Gasteiger partial charge in [0.15, 0.2) is 5.82 Å². The Kier molecular flexibility index (Phi) is 7.36. The maximum Gasteiger partial charge on any atom is 0.439 e. The molecule has 210 valence electrons. The number of para-hydroxylation sites is 1. The number of rotatable bonds is 8. The van der Waals surface area contributed by atoms with E-state index in [9.17, 15) is 19.6 Å². The number of carbonyl (C=O) groups excluding carboxylic acids is 2. The maximum atomic E-state index is 13.4. The third-order valence-electron chi connectivity index (χ3n) is 7.03. The van der Waals surface area contributed by atoms with Gasteiger partial charge in [-0.25, -0.2) is 4.79 Å². The van der Waals surface area contributed by atoms with Gasteiger partial charge in [-0.15, -0.1) is 0 Å². The Morgan fingerprint density at radius 1 is 0.814 bits per heavy atom. The minimum absolute atomic E-state index is 0.0723. The van der Waals surface area contributed by atoms with E-state index in [1.54, 1.807) is 30.3 Å². The van der Waals surface area contributed by atoms with Crippen LogP contribution >= 0.6 is 0 Å². The first-order valence-corrected chi connectivity index (χ1v) is 13.5. The summed E-state index contributed by atoms with van der Waals surface area (Å²) in [5.41, 5.74) is 5.01. The lowest BCUT2D eigenvalue weighted by atomic mass is 9.99. The number of nitrogens with one attached hydrogen (secondary N) is 4. The molecule has 0 spiro atoms. The van der Waals surface area contributed by atoms with Crippen LogP contribution in [0.2, 0.25) is 0 Å². The Balaban J connectivity index is 1.24. The lowest BCUT2D eigenvalue weighted by Gasteiger charge is -2.11. The average molecular weight is 569 g/mol. The van der Waals surface area contributed by atoms with E-state index in [0.717, 1.165) is 17.4 Å². The van der Waals surface area contributed by atoms with Gasteiger partial charge in [0.25, 0.3) is 11.8 Å². The van der Waals surface area contributed by atoms with Crippen molar-refractivity contribution in [3.63, 3.8) is 0 Å². The molecular weight excluding hydrogens is 544 g/mol. The van der Waals surface area contributed by atoms with Gasteiger partial charge in [0.05, 0.1) is 28.5 Å². The van der Waals surface area contributed by atoms with Crippen LogP contribution in [0.1, 0.15) is 37.5 Å². The molecule has 4 aromatic carbocycles. The molecule has 0 bridgehead atoms. The number of hydrogen-bond donors (Lipinski definition) is 4. The molecule has 0 radical (unpaired) electrons. The van der Waals surface area contributed by atoms with Crippen LogP contribution in [0, 0.1) is 11.3 Å². The third-order valence-corrected chi connectivity index (χ3v) is 7.03. The van der Waals surface area contributed by atoms with Gasteiger partial charge >= 0.3 is 5.76 Å². The molecule has 0 atom stereocenters. The van der Waals surface area contributed by atoms with E-state index >= 15 is 0 Å². The number of anilines is 2. The summed E-state index contributed by atoms with van der Waals surface area (Å²) < 4.78 is 4.60. The van der Waals surface area contributed by atoms with Crippen LogP contribution in [0.15, 0.2) is 106 Å². The summed E-state index contributed by atoms with van der Waals surface area (Å²) in [6, 6.07) is 31.3. The number of fused-ring (bicyclic) bond motifs is 1. The zero-order chi connectivity index (χ0) is 29.8. The number of benzene rings is 4. The van der Waals surface area contributed by atoms with E-state index in [-0.39, 0.29) is 17.4 Å². The molecule has 0 unspecified atom stereocenters. The molecule has 0 saturated carbocycles. The van der Waals surface area contributed by atoms with Crippen molar-refractivity contribution in [1.82, 2.24) is 15.1 Å². The van der Waals surface area contributed by atoms with Crippen molar-refractivity contribution in [3.05, 3.63) is 136 Å². The van der Waals surface area contributed by atoms with Crippen molar-refractivity contribution < 1.29 is 14.1 Å². The van der Waals surface area contributed by atoms with Crippen LogP contribution < -0.4 is 16.4 Å². The Morgan fingerprint density at radius 3 is 2.40 bits per heavy atom. The number of aromatic amines is 2. The van der Waals surface area contributed by atoms with Gasteiger partial charge in [-0.1, -0.05) is 65.8 Å². The predicted molar refractivity (Wildman–Crippen MR) is 162 cm³/mol. The molecule has 0 aliphatic heterocycles. The molecule has 6 rings (SSSR count). The normalized spacial score (nSPS) is 10.8. The van der Waals surface area contributed by atoms with E-state index in [4.69, 9.17) is 0 Å². The molecule has 4 N–H and O–H groups in total. The fraction of sp³-hybridized carbons (Fsp3) is 0.0606. The van der Waals surface area contributed by atoms with Crippen LogP contribution in [0.4, 0.5) is 11.4 Å². The Bertz CT molecular complexity index is 2070. The van der Waals surface area contributed by atoms with Crippen LogP contribution in [0.25, 0.3) is 22.3 Å². The maximum absolute atomic E-state index is 13.4. The van der Waals surface area contributed by atoms with E-state index in [1.165, 1.54) is 17.7 Å². The summed E-state index contributed by atoms with van der Waals surface area (Å²) >= 11 is 0. The van der Waals surface area contributed by atoms with Crippen LogP contribution in [0.3, 0.4) is 0 Å². The van der Waals surface area contributed by atoms with Gasteiger partial charge in [0.1, 0.15) is 5.69 Å². The molecule has 10 heteroatoms. The zero-order valence-electron chi connectivity index (χ0n) is 22.7. The number of nitriles is 1. The van der Waals surface area contributed by atoms with Crippen LogP contribution in [-0.2, 0) is 12.8 Å². The molecule has 0 aliphatic rings. The molecule has 6 aromatic rings. The molecular formula is C33H24N6O4. The fourth-order valence-electron chi connectivity index (χ4n) is 4.91. The van der Waals surface area contributed by atoms with E-state index in [0.29, 0.717) is 40.0 Å². The molecule has 2 aromatic heterocycles. The molecule has 0 saturated heterocycles. The summed E-state index contributed by atoms with van der Waals surface area (Å²) in [5.74, 6) is -1.42. The standard InChI is InChI=1S/C33H24N6O4/c34-19-21-14-16-26(25(17-21)30-38-33(42)43-39-30)36-32(41)28-18-23-10-6-12-27(29(23)35-28)37-31(40)24-11-5-4-9-22(24)15-13-20-7-2-1-3-8-20/h1-12,14,16-18,35H,13,15H2,(H,36,41)(H,37,40)(H,38,39,42). The second-order valence-electron chi connectivity index (χ2n) is 9.82. The highest BCUT2D eigenvalue weighted by Crippen LogP contribution is 2.28. The second kappa shape index (κ2) is 11.7. The SMILES string of the molecule is N#Cc1ccc(NC(=O)c2cc3cccc(NC(=O)c4ccccc4CCc4ccccc4)c3[nH]2)c(-c2noc(=O)[nH]2)c1. The van der Waals surface area contributed by atoms with Crippen LogP contribution in [0.5, 0.6) is 0 Å². The van der Waals surface area contributed by atoms with Crippen LogP contribution in [-0.4, -0.2) is 26.9 Å². The predicted octanol–water partition coefficient (Wildman–Crippen LogP) is 5.67. The first-order valence-electron chi connectivity index (χ1n) is 13.5. The molecule has 10 nitrogen and oxygen atoms in total. The summed E-state index contributed by atoms with van der Waals surface area (Å²) in [5, 5.41) is 19.5. The van der Waals surface area contributed by atoms with Gasteiger partial charge in [0.2, 0.25) is 0 Å². The van der Waals surface area contributed by atoms with Crippen molar-refractivity contribution in [2.75, 3.05) is 10.6 Å². The quantitative estimate of drug-likeness (QED) is 0.185. The Morgan fingerprint density at radius 2 is 1.60 bits per heavy atom. The molecule has 0 fully saturated rings. The number of H-pyrrole nitrogens is 2. The van der Waals surface area contributed by atoms with Gasteiger partial charge in [-0.05, 0) is 60.4 Å². The third kappa shape index (κ3) is 5.82. The molecule has 2 amide bonds. The lowest BCUT2D eigenvalue weighted by Crippen LogP contribution is -2.15. The number of hydrogen-bond acceptors (Lipinski definition) is 6. The highest BCUT2D eigenvalue weighted by atomic mass is 16.5. The highest BCUT2D eigenvalue weighted by Gasteiger charge is 2.18. The second-order valence-corrected chi connectivity index (χ2v) is 9.82. The topological polar surface area (TPSA) is 157 Å². The first-order chi connectivity index (χ1) is 21.0. The summed E-state index contributed by atoms with van der Waals surface area (Å²) in [6.45, 7) is 0. The largest absolute Gasteiger partial charge is 0.439 e. The van der Waals surface area contributed by atoms with Crippen molar-refractivity contribution in [3.8, 4) is 17.5 Å². The highest BCUT2D eigenvalue weighted by molar-refractivity contribution is 6.12. The average Bonchev–Trinajstić information content (AvgIpc) is 3.68. The minimum atomic E-state index is -0.765. The number of nitrogens with zero attached hydrogens (tertiary/aromatic N) is 2. The molecule has 43 heavy (non-hydrogen) atoms. The van der Waals surface area contributed by atoms with Gasteiger partial charge in [0, 0.05) is 16.5 Å². The Labute approximate surface area is 245 Å².